The third-order valence-electron chi connectivity index (χ3n) is 6.06. The molecule has 2 aliphatic heterocycles. The monoisotopic (exact) mass is 376 g/mol. The zero-order valence-electron chi connectivity index (χ0n) is 16.9. The Labute approximate surface area is 164 Å². The summed E-state index contributed by atoms with van der Waals surface area (Å²) in [5.41, 5.74) is 1.47. The van der Waals surface area contributed by atoms with Crippen LogP contribution in [-0.2, 0) is 10.2 Å². The highest BCUT2D eigenvalue weighted by atomic mass is 16.5. The van der Waals surface area contributed by atoms with Crippen LogP contribution in [0.25, 0.3) is 0 Å². The van der Waals surface area contributed by atoms with Gasteiger partial charge >= 0.3 is 0 Å². The third kappa shape index (κ3) is 5.92. The largest absolute Gasteiger partial charge is 0.494 e. The molecule has 0 bridgehead atoms. The first-order valence-electron chi connectivity index (χ1n) is 10.5. The number of likely N-dealkylation sites (N-methyl/N-ethyl adjacent to an activating group) is 1. The lowest BCUT2D eigenvalue weighted by Gasteiger charge is -2.40. The summed E-state index contributed by atoms with van der Waals surface area (Å²) in [6, 6.07) is 8.70. The molecule has 1 aromatic rings. The fraction of sp³-hybridized carbons (Fsp3) is 0.727. The third-order valence-corrected chi connectivity index (χ3v) is 6.06. The normalized spacial score (nSPS) is 20.3. The average molecular weight is 377 g/mol. The topological polar surface area (TPSA) is 45.2 Å². The van der Waals surface area contributed by atoms with Crippen LogP contribution in [0.15, 0.2) is 24.3 Å². The number of aliphatic hydroxyl groups excluding tert-OH is 1. The van der Waals surface area contributed by atoms with Crippen molar-refractivity contribution in [1.29, 1.82) is 0 Å². The summed E-state index contributed by atoms with van der Waals surface area (Å²) in [4.78, 5) is 4.76. The van der Waals surface area contributed by atoms with E-state index in [9.17, 15) is 5.11 Å². The van der Waals surface area contributed by atoms with Gasteiger partial charge in [-0.05, 0) is 69.9 Å². The predicted octanol–water partition coefficient (Wildman–Crippen LogP) is 2.52. The van der Waals surface area contributed by atoms with E-state index in [1.165, 1.54) is 31.5 Å². The van der Waals surface area contributed by atoms with Crippen molar-refractivity contribution in [3.8, 4) is 5.75 Å². The van der Waals surface area contributed by atoms with Crippen LogP contribution in [0, 0.1) is 0 Å². The Kier molecular flexibility index (Phi) is 7.94. The minimum absolute atomic E-state index is 0.108. The van der Waals surface area contributed by atoms with E-state index in [0.29, 0.717) is 6.54 Å². The van der Waals surface area contributed by atoms with E-state index >= 15 is 0 Å². The molecule has 0 unspecified atom stereocenters. The van der Waals surface area contributed by atoms with E-state index in [0.717, 1.165) is 57.9 Å². The van der Waals surface area contributed by atoms with Gasteiger partial charge in [0.1, 0.15) is 5.75 Å². The van der Waals surface area contributed by atoms with Crippen molar-refractivity contribution in [2.75, 3.05) is 66.2 Å². The van der Waals surface area contributed by atoms with Gasteiger partial charge < -0.3 is 24.4 Å². The van der Waals surface area contributed by atoms with Gasteiger partial charge in [0.25, 0.3) is 0 Å². The standard InChI is InChI=1S/C22H36N2O3/c1-23(14-15-25)19-22(9-17-26-18-10-22)20-5-7-21(8-6-20)27-16-4-13-24-11-2-3-12-24/h5-8,25H,2-4,9-19H2,1H3. The van der Waals surface area contributed by atoms with Crippen molar-refractivity contribution in [1.82, 2.24) is 9.80 Å². The van der Waals surface area contributed by atoms with E-state index in [-0.39, 0.29) is 12.0 Å². The number of aliphatic hydroxyl groups is 1. The highest BCUT2D eigenvalue weighted by Crippen LogP contribution is 2.36. The van der Waals surface area contributed by atoms with E-state index in [2.05, 4.69) is 41.1 Å². The summed E-state index contributed by atoms with van der Waals surface area (Å²) in [6.07, 6.45) is 5.85. The van der Waals surface area contributed by atoms with Crippen LogP contribution in [-0.4, -0.2) is 81.1 Å². The zero-order valence-corrected chi connectivity index (χ0v) is 16.9. The Morgan fingerprint density at radius 3 is 2.52 bits per heavy atom. The lowest BCUT2D eigenvalue weighted by molar-refractivity contribution is 0.0354. The SMILES string of the molecule is CN(CCO)CC1(c2ccc(OCCCN3CCCC3)cc2)CCOCC1. The molecular formula is C22H36N2O3. The zero-order chi connectivity index (χ0) is 19.0. The van der Waals surface area contributed by atoms with Crippen LogP contribution in [0.1, 0.15) is 37.7 Å². The van der Waals surface area contributed by atoms with Crippen molar-refractivity contribution in [3.05, 3.63) is 29.8 Å². The molecule has 0 radical (unpaired) electrons. The minimum atomic E-state index is 0.108. The molecular weight excluding hydrogens is 340 g/mol. The maximum atomic E-state index is 9.24. The van der Waals surface area contributed by atoms with E-state index in [1.54, 1.807) is 0 Å². The molecule has 0 amide bonds. The Balaban J connectivity index is 1.54. The van der Waals surface area contributed by atoms with E-state index < -0.39 is 0 Å². The molecule has 0 spiro atoms. The molecule has 2 fully saturated rings. The van der Waals surface area contributed by atoms with Gasteiger partial charge in [-0.15, -0.1) is 0 Å². The molecule has 5 nitrogen and oxygen atoms in total. The van der Waals surface area contributed by atoms with Gasteiger partial charge in [0, 0.05) is 38.3 Å². The lowest BCUT2D eigenvalue weighted by Crippen LogP contribution is -2.44. The number of hydrogen-bond acceptors (Lipinski definition) is 5. The highest BCUT2D eigenvalue weighted by molar-refractivity contribution is 5.33. The van der Waals surface area contributed by atoms with Gasteiger partial charge in [-0.3, -0.25) is 0 Å². The molecule has 2 heterocycles. The molecule has 0 atom stereocenters. The summed E-state index contributed by atoms with van der Waals surface area (Å²) in [7, 11) is 2.09. The van der Waals surface area contributed by atoms with E-state index in [4.69, 9.17) is 9.47 Å². The fourth-order valence-electron chi connectivity index (χ4n) is 4.46. The van der Waals surface area contributed by atoms with Gasteiger partial charge in [-0.2, -0.15) is 0 Å². The second-order valence-electron chi connectivity index (χ2n) is 8.13. The fourth-order valence-corrected chi connectivity index (χ4v) is 4.46. The van der Waals surface area contributed by atoms with Crippen molar-refractivity contribution in [2.24, 2.45) is 0 Å². The number of rotatable bonds is 10. The van der Waals surface area contributed by atoms with Crippen molar-refractivity contribution < 1.29 is 14.6 Å². The number of ether oxygens (including phenoxy) is 2. The first-order valence-corrected chi connectivity index (χ1v) is 10.5. The molecule has 1 aromatic carbocycles. The first kappa shape index (κ1) is 20.6. The molecule has 1 N–H and O–H groups in total. The molecule has 0 saturated carbocycles. The minimum Gasteiger partial charge on any atom is -0.494 e. The van der Waals surface area contributed by atoms with Crippen molar-refractivity contribution in [3.63, 3.8) is 0 Å². The lowest BCUT2D eigenvalue weighted by atomic mass is 9.73. The number of likely N-dealkylation sites (tertiary alicyclic amines) is 1. The van der Waals surface area contributed by atoms with Crippen LogP contribution in [0.5, 0.6) is 5.75 Å². The maximum absolute atomic E-state index is 9.24. The Hall–Kier alpha value is -1.14. The van der Waals surface area contributed by atoms with Crippen LogP contribution < -0.4 is 4.74 Å². The first-order chi connectivity index (χ1) is 13.2. The van der Waals surface area contributed by atoms with Crippen LogP contribution >= 0.6 is 0 Å². The highest BCUT2D eigenvalue weighted by Gasteiger charge is 2.35. The Morgan fingerprint density at radius 1 is 1.15 bits per heavy atom. The summed E-state index contributed by atoms with van der Waals surface area (Å²) < 4.78 is 11.6. The number of nitrogens with zero attached hydrogens (tertiary/aromatic N) is 2. The summed E-state index contributed by atoms with van der Waals surface area (Å²) in [5, 5.41) is 9.24. The molecule has 2 aliphatic rings. The second kappa shape index (κ2) is 10.4. The van der Waals surface area contributed by atoms with Crippen LogP contribution in [0.3, 0.4) is 0 Å². The van der Waals surface area contributed by atoms with Gasteiger partial charge in [0.05, 0.1) is 13.2 Å². The molecule has 3 rings (SSSR count). The molecule has 152 valence electrons. The predicted molar refractivity (Wildman–Crippen MR) is 109 cm³/mol. The summed E-state index contributed by atoms with van der Waals surface area (Å²) >= 11 is 0. The molecule has 5 heteroatoms. The second-order valence-corrected chi connectivity index (χ2v) is 8.13. The number of benzene rings is 1. The van der Waals surface area contributed by atoms with Gasteiger partial charge in [0.2, 0.25) is 0 Å². The number of hydrogen-bond donors (Lipinski definition) is 1. The Bertz CT molecular complexity index is 537. The summed E-state index contributed by atoms with van der Waals surface area (Å²) in [5.74, 6) is 0.964. The van der Waals surface area contributed by atoms with Crippen LogP contribution in [0.2, 0.25) is 0 Å². The Morgan fingerprint density at radius 2 is 1.85 bits per heavy atom. The smallest absolute Gasteiger partial charge is 0.119 e. The average Bonchev–Trinajstić information content (AvgIpc) is 3.20. The summed E-state index contributed by atoms with van der Waals surface area (Å²) in [6.45, 7) is 7.92. The van der Waals surface area contributed by atoms with Gasteiger partial charge in [-0.1, -0.05) is 12.1 Å². The molecule has 2 saturated heterocycles. The van der Waals surface area contributed by atoms with Crippen LogP contribution in [0.4, 0.5) is 0 Å². The van der Waals surface area contributed by atoms with Gasteiger partial charge in [-0.25, -0.2) is 0 Å². The van der Waals surface area contributed by atoms with Crippen molar-refractivity contribution in [2.45, 2.75) is 37.5 Å². The maximum Gasteiger partial charge on any atom is 0.119 e. The van der Waals surface area contributed by atoms with Crippen molar-refractivity contribution >= 4 is 0 Å². The van der Waals surface area contributed by atoms with E-state index in [1.807, 2.05) is 0 Å². The quantitative estimate of drug-likeness (QED) is 0.636. The van der Waals surface area contributed by atoms with Gasteiger partial charge in [0.15, 0.2) is 0 Å². The molecule has 0 aromatic heterocycles. The molecule has 0 aliphatic carbocycles. The molecule has 27 heavy (non-hydrogen) atoms.